The van der Waals surface area contributed by atoms with Gasteiger partial charge < -0.3 is 69.1 Å². The number of nitrogens with zero attached hydrogens (tertiary/aromatic N) is 1. The maximum atomic E-state index is 14.6. The number of hydrogen-bond donors (Lipinski definition) is 6. The number of carbonyl (C=O) groups is 1. The van der Waals surface area contributed by atoms with Gasteiger partial charge in [-0.25, -0.2) is 8.42 Å². The SMILES string of the molecule is CCCNC[C@]1(O)[C@H](C)O[C@@H](O[C@H]2[C@H](C)[C@@H](O[C@@H]3O[C@H](C)C[C@H](N(C)C)[C@H]3Oc3cccc(S(C)(=O)=O)c3)[C@](C)(O)C[C@@H](C)CN[C@H](C)[C@@H](O)[C@](C)(O)[C@@H](CC)OC(=O)[C@@H]2C)C[C@@]1(C)OC. The van der Waals surface area contributed by atoms with E-state index < -0.39 is 105 Å². The van der Waals surface area contributed by atoms with Crippen LogP contribution >= 0.6 is 0 Å². The van der Waals surface area contributed by atoms with E-state index in [4.69, 9.17) is 33.2 Å². The minimum absolute atomic E-state index is 0.0559. The Labute approximate surface area is 394 Å². The summed E-state index contributed by atoms with van der Waals surface area (Å²) in [7, 11) is 1.78. The number of aliphatic hydroxyl groups is 4. The van der Waals surface area contributed by atoms with Gasteiger partial charge in [-0.2, -0.15) is 0 Å². The maximum Gasteiger partial charge on any atom is 0.311 e. The highest BCUT2D eigenvalue weighted by atomic mass is 32.2. The van der Waals surface area contributed by atoms with Crippen LogP contribution in [0.5, 0.6) is 5.75 Å². The number of ether oxygens (including phenoxy) is 7. The molecule has 3 heterocycles. The molecule has 3 fully saturated rings. The molecule has 3 saturated heterocycles. The third-order valence-corrected chi connectivity index (χ3v) is 15.6. The van der Waals surface area contributed by atoms with E-state index in [1.807, 2.05) is 46.7 Å². The number of methoxy groups -OCH3 is 1. The number of aliphatic hydroxyl groups excluding tert-OH is 1. The van der Waals surface area contributed by atoms with Gasteiger partial charge in [0.2, 0.25) is 0 Å². The third kappa shape index (κ3) is 13.0. The summed E-state index contributed by atoms with van der Waals surface area (Å²) in [6.07, 6.45) is -5.95. The molecule has 382 valence electrons. The average molecular weight is 960 g/mol. The van der Waals surface area contributed by atoms with Crippen LogP contribution in [0, 0.1) is 17.8 Å². The minimum atomic E-state index is -3.57. The van der Waals surface area contributed by atoms with E-state index >= 15 is 0 Å². The molecule has 1 aromatic carbocycles. The van der Waals surface area contributed by atoms with Gasteiger partial charge in [0.25, 0.3) is 0 Å². The molecule has 18 heteroatoms. The highest BCUT2D eigenvalue weighted by Crippen LogP contribution is 2.43. The molecule has 18 atom stereocenters. The zero-order valence-electron chi connectivity index (χ0n) is 42.3. The Hall–Kier alpha value is -2.04. The van der Waals surface area contributed by atoms with Gasteiger partial charge in [-0.3, -0.25) is 4.79 Å². The van der Waals surface area contributed by atoms with Crippen LogP contribution in [-0.2, 0) is 43.1 Å². The van der Waals surface area contributed by atoms with Crippen molar-refractivity contribution in [3.8, 4) is 5.75 Å². The van der Waals surface area contributed by atoms with Gasteiger partial charge in [0.1, 0.15) is 34.8 Å². The summed E-state index contributed by atoms with van der Waals surface area (Å²) in [6.45, 7) is 20.7. The first kappa shape index (κ1) is 56.5. The monoisotopic (exact) mass is 960 g/mol. The molecule has 0 spiro atoms. The van der Waals surface area contributed by atoms with E-state index in [0.717, 1.165) is 12.7 Å². The lowest BCUT2D eigenvalue weighted by molar-refractivity contribution is -0.335. The van der Waals surface area contributed by atoms with Crippen molar-refractivity contribution in [2.24, 2.45) is 17.8 Å². The van der Waals surface area contributed by atoms with Crippen LogP contribution < -0.4 is 15.4 Å². The molecule has 0 aliphatic carbocycles. The van der Waals surface area contributed by atoms with Crippen LogP contribution in [0.25, 0.3) is 0 Å². The average Bonchev–Trinajstić information content (AvgIpc) is 3.23. The van der Waals surface area contributed by atoms with Crippen LogP contribution in [-0.4, -0.2) is 177 Å². The Kier molecular flexibility index (Phi) is 19.5. The number of likely N-dealkylation sites (N-methyl/N-ethyl adjacent to an activating group) is 1. The first-order valence-electron chi connectivity index (χ1n) is 23.9. The van der Waals surface area contributed by atoms with Crippen molar-refractivity contribution >= 4 is 15.8 Å². The second kappa shape index (κ2) is 22.8. The Morgan fingerprint density at radius 3 is 2.23 bits per heavy atom. The smallest absolute Gasteiger partial charge is 0.311 e. The largest absolute Gasteiger partial charge is 0.483 e. The van der Waals surface area contributed by atoms with Crippen LogP contribution in [0.2, 0.25) is 0 Å². The number of hydrogen-bond acceptors (Lipinski definition) is 17. The first-order chi connectivity index (χ1) is 30.6. The molecule has 0 unspecified atom stereocenters. The van der Waals surface area contributed by atoms with E-state index in [1.54, 1.807) is 53.7 Å². The number of carbonyl (C=O) groups excluding carboxylic acids is 1. The van der Waals surface area contributed by atoms with Crippen LogP contribution in [0.15, 0.2) is 29.2 Å². The Morgan fingerprint density at radius 2 is 1.64 bits per heavy atom. The van der Waals surface area contributed by atoms with Crippen molar-refractivity contribution in [3.05, 3.63) is 24.3 Å². The van der Waals surface area contributed by atoms with Crippen molar-refractivity contribution in [3.63, 3.8) is 0 Å². The topological polar surface area (TPSA) is 224 Å². The van der Waals surface area contributed by atoms with Crippen molar-refractivity contribution in [2.45, 2.75) is 203 Å². The quantitative estimate of drug-likeness (QED) is 0.116. The highest BCUT2D eigenvalue weighted by Gasteiger charge is 2.58. The van der Waals surface area contributed by atoms with E-state index in [1.165, 1.54) is 26.2 Å². The van der Waals surface area contributed by atoms with Gasteiger partial charge in [0, 0.05) is 38.3 Å². The molecule has 17 nitrogen and oxygen atoms in total. The second-order valence-electron chi connectivity index (χ2n) is 20.5. The van der Waals surface area contributed by atoms with Gasteiger partial charge in [-0.15, -0.1) is 0 Å². The molecule has 0 saturated carbocycles. The zero-order chi connectivity index (χ0) is 49.7. The van der Waals surface area contributed by atoms with E-state index in [2.05, 4.69) is 10.6 Å². The Bertz CT molecular complexity index is 1820. The van der Waals surface area contributed by atoms with Crippen LogP contribution in [0.4, 0.5) is 0 Å². The van der Waals surface area contributed by atoms with Gasteiger partial charge in [0.15, 0.2) is 28.5 Å². The summed E-state index contributed by atoms with van der Waals surface area (Å²) in [5.74, 6) is -2.60. The van der Waals surface area contributed by atoms with Crippen molar-refractivity contribution in [1.82, 2.24) is 15.5 Å². The van der Waals surface area contributed by atoms with E-state index in [9.17, 15) is 33.6 Å². The van der Waals surface area contributed by atoms with Crippen LogP contribution in [0.3, 0.4) is 0 Å². The molecule has 4 rings (SSSR count). The molecule has 0 radical (unpaired) electrons. The van der Waals surface area contributed by atoms with E-state index in [0.29, 0.717) is 19.5 Å². The van der Waals surface area contributed by atoms with Crippen LogP contribution in [0.1, 0.15) is 108 Å². The minimum Gasteiger partial charge on any atom is -0.483 e. The van der Waals surface area contributed by atoms with Gasteiger partial charge in [0.05, 0.1) is 46.9 Å². The molecule has 3 aliphatic heterocycles. The Balaban J connectivity index is 1.88. The standard InChI is InChI=1S/C48H85N3O14S/c1-16-21-49-27-48(56)33(8)61-38(25-46(48,10)59-14)64-39-30(5)42(45(9,54)24-28(3)26-50-32(7)41(52)47(11,55)37(17-2)63-43(53)31(39)6)65-44-40(36(51(12)13)22-29(4)60-44)62-34-19-18-20-35(23-34)66(15,57)58/h18-20,23,28-33,36-42,44,49-50,52,54-56H,16-17,21-22,24-27H2,1-15H3/t28-,29-,30+,31-,32-,33+,36+,37-,38+,39+,40-,41-,42-,44+,45-,46-,47-,48+/m1/s1. The predicted octanol–water partition coefficient (Wildman–Crippen LogP) is 3.42. The molecule has 0 aromatic heterocycles. The number of benzene rings is 1. The normalized spacial score (nSPS) is 42.6. The molecular formula is C48H85N3O14S. The number of nitrogens with one attached hydrogen (secondary N) is 2. The molecule has 1 aromatic rings. The van der Waals surface area contributed by atoms with Gasteiger partial charge >= 0.3 is 5.97 Å². The van der Waals surface area contributed by atoms with Gasteiger partial charge in [-0.05, 0) is 125 Å². The summed E-state index contributed by atoms with van der Waals surface area (Å²) in [4.78, 5) is 16.7. The summed E-state index contributed by atoms with van der Waals surface area (Å²) >= 11 is 0. The van der Waals surface area contributed by atoms with E-state index in [-0.39, 0.29) is 54.5 Å². The van der Waals surface area contributed by atoms with Crippen molar-refractivity contribution in [2.75, 3.05) is 47.1 Å². The second-order valence-corrected chi connectivity index (χ2v) is 22.5. The number of sulfone groups is 1. The van der Waals surface area contributed by atoms with Crippen molar-refractivity contribution < 1.29 is 66.8 Å². The first-order valence-corrected chi connectivity index (χ1v) is 25.8. The lowest BCUT2D eigenvalue weighted by atomic mass is 9.75. The summed E-state index contributed by atoms with van der Waals surface area (Å²) in [6, 6.07) is 5.30. The highest BCUT2D eigenvalue weighted by molar-refractivity contribution is 7.90. The molecule has 3 aliphatic rings. The summed E-state index contributed by atoms with van der Waals surface area (Å²) in [5, 5.41) is 55.0. The lowest BCUT2D eigenvalue weighted by Gasteiger charge is -2.53. The molecule has 0 amide bonds. The van der Waals surface area contributed by atoms with Gasteiger partial charge in [-0.1, -0.05) is 33.8 Å². The molecular weight excluding hydrogens is 875 g/mol. The third-order valence-electron chi connectivity index (χ3n) is 14.5. The molecule has 66 heavy (non-hydrogen) atoms. The fourth-order valence-corrected chi connectivity index (χ4v) is 10.9. The fraction of sp³-hybridized carbons (Fsp3) is 0.854. The summed E-state index contributed by atoms with van der Waals surface area (Å²) in [5.41, 5.74) is -6.17. The van der Waals surface area contributed by atoms with Crippen molar-refractivity contribution in [1.29, 1.82) is 0 Å². The number of esters is 1. The zero-order valence-corrected chi connectivity index (χ0v) is 43.1. The fourth-order valence-electron chi connectivity index (χ4n) is 10.3. The molecule has 0 bridgehead atoms. The predicted molar refractivity (Wildman–Crippen MR) is 250 cm³/mol. The maximum absolute atomic E-state index is 14.6. The molecule has 6 N–H and O–H groups in total. The summed E-state index contributed by atoms with van der Waals surface area (Å²) < 4.78 is 71.2. The lowest BCUT2D eigenvalue weighted by Crippen LogP contribution is -2.70. The number of rotatable bonds is 14. The Morgan fingerprint density at radius 1 is 0.970 bits per heavy atom. The number of cyclic esters (lactones) is 1.